The summed E-state index contributed by atoms with van der Waals surface area (Å²) in [5.41, 5.74) is 0.366. The second kappa shape index (κ2) is 7.16. The van der Waals surface area contributed by atoms with Crippen LogP contribution < -0.4 is 0 Å². The topological polar surface area (TPSA) is 43.8 Å². The average Bonchev–Trinajstić information content (AvgIpc) is 2.92. The first-order valence-corrected chi connectivity index (χ1v) is 8.55. The summed E-state index contributed by atoms with van der Waals surface area (Å²) < 4.78 is 13.1. The van der Waals surface area contributed by atoms with E-state index in [4.69, 9.17) is 11.6 Å². The number of nitrogens with zero attached hydrogens (tertiary/aromatic N) is 2. The molecule has 2 heterocycles. The van der Waals surface area contributed by atoms with Gasteiger partial charge in [-0.2, -0.15) is 0 Å². The average molecular weight is 341 g/mol. The number of benzene rings is 1. The molecule has 0 spiro atoms. The lowest BCUT2D eigenvalue weighted by Gasteiger charge is -2.35. The lowest BCUT2D eigenvalue weighted by atomic mass is 9.96. The quantitative estimate of drug-likeness (QED) is 0.919. The molecule has 0 saturated carbocycles. The van der Waals surface area contributed by atoms with Crippen LogP contribution in [0, 0.1) is 11.7 Å². The molecule has 2 aliphatic rings. The normalized spacial score (nSPS) is 25.8. The van der Waals surface area contributed by atoms with Crippen LogP contribution in [-0.4, -0.2) is 59.6 Å². The fraction of sp³-hybridized carbons (Fsp3) is 0.588. The van der Waals surface area contributed by atoms with Crippen molar-refractivity contribution in [2.75, 3.05) is 32.7 Å². The number of carbonyl (C=O) groups excluding carboxylic acids is 1. The Kier molecular flexibility index (Phi) is 5.19. The Morgan fingerprint density at radius 1 is 1.30 bits per heavy atom. The third-order valence-corrected chi connectivity index (χ3v) is 5.04. The number of aliphatic hydroxyl groups excluding tert-OH is 1. The standard InChI is InChI=1S/C17H22ClFN2O2/c18-16-8-13(19)3-4-15(16)17(23)21-6-1-2-12(10-21)9-20-7-5-14(22)11-20/h3-4,8,12,14,22H,1-2,5-7,9-11H2/t12-,14+/m1/s1. The van der Waals surface area contributed by atoms with Crippen molar-refractivity contribution in [2.45, 2.75) is 25.4 Å². The molecule has 3 rings (SSSR count). The molecule has 2 fully saturated rings. The summed E-state index contributed by atoms with van der Waals surface area (Å²) in [5.74, 6) is -0.144. The molecule has 0 aliphatic carbocycles. The summed E-state index contributed by atoms with van der Waals surface area (Å²) in [6.07, 6.45) is 2.68. The fourth-order valence-corrected chi connectivity index (χ4v) is 3.82. The predicted molar refractivity (Wildman–Crippen MR) is 87.1 cm³/mol. The van der Waals surface area contributed by atoms with Crippen LogP contribution in [0.2, 0.25) is 5.02 Å². The number of rotatable bonds is 3. The van der Waals surface area contributed by atoms with Gasteiger partial charge in [-0.05, 0) is 43.4 Å². The first-order valence-electron chi connectivity index (χ1n) is 8.17. The van der Waals surface area contributed by atoms with Crippen molar-refractivity contribution in [3.05, 3.63) is 34.6 Å². The van der Waals surface area contributed by atoms with Crippen molar-refractivity contribution < 1.29 is 14.3 Å². The van der Waals surface area contributed by atoms with E-state index >= 15 is 0 Å². The molecule has 1 aromatic rings. The highest BCUT2D eigenvalue weighted by Crippen LogP contribution is 2.24. The van der Waals surface area contributed by atoms with Gasteiger partial charge in [0.15, 0.2) is 0 Å². The highest BCUT2D eigenvalue weighted by Gasteiger charge is 2.29. The van der Waals surface area contributed by atoms with Gasteiger partial charge in [0.05, 0.1) is 16.7 Å². The van der Waals surface area contributed by atoms with Gasteiger partial charge in [0.2, 0.25) is 0 Å². The minimum atomic E-state index is -0.435. The van der Waals surface area contributed by atoms with E-state index in [1.165, 1.54) is 18.2 Å². The first-order chi connectivity index (χ1) is 11.0. The maximum absolute atomic E-state index is 13.1. The van der Waals surface area contributed by atoms with Gasteiger partial charge < -0.3 is 14.9 Å². The number of aliphatic hydroxyl groups is 1. The monoisotopic (exact) mass is 340 g/mol. The highest BCUT2D eigenvalue weighted by atomic mass is 35.5. The van der Waals surface area contributed by atoms with E-state index in [9.17, 15) is 14.3 Å². The van der Waals surface area contributed by atoms with Gasteiger partial charge in [-0.15, -0.1) is 0 Å². The molecular formula is C17H22ClFN2O2. The van der Waals surface area contributed by atoms with Gasteiger partial charge >= 0.3 is 0 Å². The third-order valence-electron chi connectivity index (χ3n) is 4.73. The van der Waals surface area contributed by atoms with E-state index in [0.717, 1.165) is 38.9 Å². The second-order valence-electron chi connectivity index (χ2n) is 6.59. The van der Waals surface area contributed by atoms with Gasteiger partial charge in [0, 0.05) is 32.7 Å². The van der Waals surface area contributed by atoms with Crippen molar-refractivity contribution in [1.29, 1.82) is 0 Å². The molecule has 126 valence electrons. The molecule has 1 amide bonds. The summed E-state index contributed by atoms with van der Waals surface area (Å²) in [5, 5.41) is 9.79. The molecule has 23 heavy (non-hydrogen) atoms. The number of likely N-dealkylation sites (tertiary alicyclic amines) is 2. The van der Waals surface area contributed by atoms with Crippen molar-refractivity contribution in [3.8, 4) is 0 Å². The van der Waals surface area contributed by atoms with Crippen molar-refractivity contribution in [3.63, 3.8) is 0 Å². The van der Waals surface area contributed by atoms with Gasteiger partial charge in [-0.3, -0.25) is 4.79 Å². The second-order valence-corrected chi connectivity index (χ2v) is 6.99. The lowest BCUT2D eigenvalue weighted by Crippen LogP contribution is -2.43. The third kappa shape index (κ3) is 4.03. The Morgan fingerprint density at radius 2 is 2.13 bits per heavy atom. The summed E-state index contributed by atoms with van der Waals surface area (Å²) in [4.78, 5) is 16.7. The summed E-state index contributed by atoms with van der Waals surface area (Å²) in [6, 6.07) is 3.91. The molecule has 1 N–H and O–H groups in total. The Balaban J connectivity index is 1.62. The molecule has 6 heteroatoms. The van der Waals surface area contributed by atoms with E-state index in [-0.39, 0.29) is 17.0 Å². The van der Waals surface area contributed by atoms with E-state index in [1.807, 2.05) is 4.90 Å². The minimum Gasteiger partial charge on any atom is -0.392 e. The minimum absolute atomic E-state index is 0.124. The number of hydrogen-bond acceptors (Lipinski definition) is 3. The number of amides is 1. The zero-order chi connectivity index (χ0) is 16.4. The van der Waals surface area contributed by atoms with E-state index < -0.39 is 5.82 Å². The van der Waals surface area contributed by atoms with Crippen LogP contribution in [0.1, 0.15) is 29.6 Å². The van der Waals surface area contributed by atoms with Crippen LogP contribution >= 0.6 is 11.6 Å². The smallest absolute Gasteiger partial charge is 0.255 e. The molecule has 0 bridgehead atoms. The molecule has 0 unspecified atom stereocenters. The van der Waals surface area contributed by atoms with Crippen molar-refractivity contribution >= 4 is 17.5 Å². The molecule has 4 nitrogen and oxygen atoms in total. The Labute approximate surface area is 140 Å². The van der Waals surface area contributed by atoms with Crippen LogP contribution in [0.5, 0.6) is 0 Å². The molecule has 0 aromatic heterocycles. The molecule has 1 aromatic carbocycles. The largest absolute Gasteiger partial charge is 0.392 e. The van der Waals surface area contributed by atoms with Gasteiger partial charge in [0.25, 0.3) is 5.91 Å². The van der Waals surface area contributed by atoms with Crippen LogP contribution in [0.3, 0.4) is 0 Å². The first kappa shape index (κ1) is 16.7. The van der Waals surface area contributed by atoms with Crippen LogP contribution in [-0.2, 0) is 0 Å². The maximum Gasteiger partial charge on any atom is 0.255 e. The van der Waals surface area contributed by atoms with Crippen molar-refractivity contribution in [1.82, 2.24) is 9.80 Å². The molecule has 2 atom stereocenters. The van der Waals surface area contributed by atoms with Gasteiger partial charge in [0.1, 0.15) is 5.82 Å². The lowest BCUT2D eigenvalue weighted by molar-refractivity contribution is 0.0642. The summed E-state index contributed by atoms with van der Waals surface area (Å²) in [6.45, 7) is 3.98. The van der Waals surface area contributed by atoms with E-state index in [0.29, 0.717) is 24.6 Å². The van der Waals surface area contributed by atoms with Crippen molar-refractivity contribution in [2.24, 2.45) is 5.92 Å². The number of piperidine rings is 1. The predicted octanol–water partition coefficient (Wildman–Crippen LogP) is 2.40. The number of halogens is 2. The number of β-amino-alcohol motifs (C(OH)–C–C–N with tert-alkyl or cyclic N) is 1. The number of carbonyl (C=O) groups is 1. The van der Waals surface area contributed by atoms with Gasteiger partial charge in [-0.25, -0.2) is 4.39 Å². The fourth-order valence-electron chi connectivity index (χ4n) is 3.57. The van der Waals surface area contributed by atoms with E-state index in [2.05, 4.69) is 4.90 Å². The summed E-state index contributed by atoms with van der Waals surface area (Å²) in [7, 11) is 0. The zero-order valence-corrected chi connectivity index (χ0v) is 13.8. The highest BCUT2D eigenvalue weighted by molar-refractivity contribution is 6.33. The molecule has 2 saturated heterocycles. The summed E-state index contributed by atoms with van der Waals surface area (Å²) >= 11 is 6.01. The Bertz CT molecular complexity index is 584. The van der Waals surface area contributed by atoms with Crippen LogP contribution in [0.25, 0.3) is 0 Å². The van der Waals surface area contributed by atoms with Gasteiger partial charge in [-0.1, -0.05) is 11.6 Å². The molecule has 0 radical (unpaired) electrons. The SMILES string of the molecule is O=C(c1ccc(F)cc1Cl)N1CCC[C@H](CN2CC[C@H](O)C2)C1. The maximum atomic E-state index is 13.1. The molecular weight excluding hydrogens is 319 g/mol. The Hall–Kier alpha value is -1.17. The molecule has 2 aliphatic heterocycles. The van der Waals surface area contributed by atoms with E-state index in [1.54, 1.807) is 0 Å². The number of hydrogen-bond donors (Lipinski definition) is 1. The van der Waals surface area contributed by atoms with Crippen LogP contribution in [0.4, 0.5) is 4.39 Å². The zero-order valence-electron chi connectivity index (χ0n) is 13.0. The van der Waals surface area contributed by atoms with Crippen LogP contribution in [0.15, 0.2) is 18.2 Å². The Morgan fingerprint density at radius 3 is 2.83 bits per heavy atom.